The SMILES string of the molecule is CC(C)(O)C1CCN(C(=O)[C@H]2OCC(=O)N[C@@H]2c2ccccc2)CC1. The molecule has 2 saturated heterocycles. The van der Waals surface area contributed by atoms with Gasteiger partial charge in [0.1, 0.15) is 6.61 Å². The number of rotatable bonds is 3. The Morgan fingerprint density at radius 3 is 2.48 bits per heavy atom. The molecular weight excluding hydrogens is 320 g/mol. The van der Waals surface area contributed by atoms with E-state index in [9.17, 15) is 14.7 Å². The lowest BCUT2D eigenvalue weighted by Crippen LogP contribution is -2.55. The van der Waals surface area contributed by atoms with Gasteiger partial charge in [-0.1, -0.05) is 30.3 Å². The van der Waals surface area contributed by atoms with Gasteiger partial charge in [0.05, 0.1) is 11.6 Å². The van der Waals surface area contributed by atoms with Gasteiger partial charge in [0.25, 0.3) is 5.91 Å². The maximum Gasteiger partial charge on any atom is 0.254 e. The van der Waals surface area contributed by atoms with Crippen LogP contribution in [0.25, 0.3) is 0 Å². The number of likely N-dealkylation sites (tertiary alicyclic amines) is 1. The molecule has 0 aromatic heterocycles. The molecule has 136 valence electrons. The predicted molar refractivity (Wildman–Crippen MR) is 92.7 cm³/mol. The minimum absolute atomic E-state index is 0.0944. The van der Waals surface area contributed by atoms with Crippen molar-refractivity contribution in [3.05, 3.63) is 35.9 Å². The van der Waals surface area contributed by atoms with Crippen LogP contribution < -0.4 is 5.32 Å². The fourth-order valence-corrected chi connectivity index (χ4v) is 3.67. The fraction of sp³-hybridized carbons (Fsp3) is 0.579. The number of carbonyl (C=O) groups excluding carboxylic acids is 2. The first-order valence-electron chi connectivity index (χ1n) is 8.83. The van der Waals surface area contributed by atoms with E-state index in [0.29, 0.717) is 13.1 Å². The second-order valence-corrected chi connectivity index (χ2v) is 7.44. The molecule has 3 rings (SSSR count). The van der Waals surface area contributed by atoms with Gasteiger partial charge >= 0.3 is 0 Å². The molecule has 1 aromatic rings. The number of amides is 2. The summed E-state index contributed by atoms with van der Waals surface area (Å²) in [5.41, 5.74) is 0.136. The first-order chi connectivity index (χ1) is 11.9. The monoisotopic (exact) mass is 346 g/mol. The molecule has 2 atom stereocenters. The maximum atomic E-state index is 13.0. The molecule has 2 aliphatic heterocycles. The molecule has 0 spiro atoms. The number of morpholine rings is 1. The normalized spacial score (nSPS) is 25.6. The summed E-state index contributed by atoms with van der Waals surface area (Å²) in [4.78, 5) is 26.5. The van der Waals surface area contributed by atoms with Crippen LogP contribution >= 0.6 is 0 Å². The summed E-state index contributed by atoms with van der Waals surface area (Å²) in [6.07, 6.45) is 0.827. The Morgan fingerprint density at radius 2 is 1.88 bits per heavy atom. The number of piperidine rings is 1. The molecule has 0 saturated carbocycles. The highest BCUT2D eigenvalue weighted by atomic mass is 16.5. The Bertz CT molecular complexity index is 618. The van der Waals surface area contributed by atoms with Crippen LogP contribution in [-0.4, -0.2) is 53.2 Å². The molecule has 6 heteroatoms. The molecule has 2 N–H and O–H groups in total. The van der Waals surface area contributed by atoms with Crippen molar-refractivity contribution < 1.29 is 19.4 Å². The highest BCUT2D eigenvalue weighted by Crippen LogP contribution is 2.30. The summed E-state index contributed by atoms with van der Waals surface area (Å²) < 4.78 is 5.61. The molecular formula is C19H26N2O4. The van der Waals surface area contributed by atoms with Crippen LogP contribution in [0.15, 0.2) is 30.3 Å². The van der Waals surface area contributed by atoms with Gasteiger partial charge in [-0.15, -0.1) is 0 Å². The lowest BCUT2D eigenvalue weighted by molar-refractivity contribution is -0.157. The number of nitrogens with one attached hydrogen (secondary N) is 1. The summed E-state index contributed by atoms with van der Waals surface area (Å²) in [6.45, 7) is 4.74. The van der Waals surface area contributed by atoms with E-state index < -0.39 is 17.7 Å². The van der Waals surface area contributed by atoms with Gasteiger partial charge in [-0.3, -0.25) is 9.59 Å². The van der Waals surface area contributed by atoms with Crippen LogP contribution in [-0.2, 0) is 14.3 Å². The van der Waals surface area contributed by atoms with Crippen LogP contribution in [0.1, 0.15) is 38.3 Å². The number of hydrogen-bond donors (Lipinski definition) is 2. The molecule has 2 aliphatic rings. The zero-order valence-electron chi connectivity index (χ0n) is 14.8. The molecule has 2 heterocycles. The summed E-state index contributed by atoms with van der Waals surface area (Å²) in [5, 5.41) is 13.0. The molecule has 0 unspecified atom stereocenters. The van der Waals surface area contributed by atoms with Crippen molar-refractivity contribution in [3.63, 3.8) is 0 Å². The topological polar surface area (TPSA) is 78.9 Å². The Balaban J connectivity index is 1.71. The van der Waals surface area contributed by atoms with Crippen LogP contribution in [0.3, 0.4) is 0 Å². The molecule has 0 bridgehead atoms. The first kappa shape index (κ1) is 17.9. The number of carbonyl (C=O) groups is 2. The Hall–Kier alpha value is -1.92. The summed E-state index contributed by atoms with van der Waals surface area (Å²) in [5.74, 6) is -0.116. The molecule has 25 heavy (non-hydrogen) atoms. The zero-order valence-corrected chi connectivity index (χ0v) is 14.8. The number of aliphatic hydroxyl groups is 1. The van der Waals surface area contributed by atoms with E-state index in [4.69, 9.17) is 4.74 Å². The van der Waals surface area contributed by atoms with Crippen molar-refractivity contribution in [2.24, 2.45) is 5.92 Å². The third-order valence-corrected chi connectivity index (χ3v) is 5.22. The molecule has 6 nitrogen and oxygen atoms in total. The predicted octanol–water partition coefficient (Wildman–Crippen LogP) is 1.25. The minimum Gasteiger partial charge on any atom is -0.390 e. The average Bonchev–Trinajstić information content (AvgIpc) is 2.61. The lowest BCUT2D eigenvalue weighted by atomic mass is 9.83. The molecule has 1 aromatic carbocycles. The van der Waals surface area contributed by atoms with E-state index >= 15 is 0 Å². The Labute approximate surface area is 148 Å². The van der Waals surface area contributed by atoms with Gasteiger partial charge in [-0.2, -0.15) is 0 Å². The first-order valence-corrected chi connectivity index (χ1v) is 8.83. The van der Waals surface area contributed by atoms with Crippen molar-refractivity contribution >= 4 is 11.8 Å². The molecule has 0 aliphatic carbocycles. The summed E-state index contributed by atoms with van der Waals surface area (Å²) in [7, 11) is 0. The fourth-order valence-electron chi connectivity index (χ4n) is 3.67. The molecule has 2 fully saturated rings. The smallest absolute Gasteiger partial charge is 0.254 e. The van der Waals surface area contributed by atoms with E-state index in [0.717, 1.165) is 18.4 Å². The van der Waals surface area contributed by atoms with E-state index in [-0.39, 0.29) is 24.3 Å². The Kier molecular flexibility index (Phi) is 5.11. The zero-order chi connectivity index (χ0) is 18.0. The van der Waals surface area contributed by atoms with Gasteiger partial charge in [-0.05, 0) is 38.2 Å². The van der Waals surface area contributed by atoms with E-state index in [1.54, 1.807) is 4.90 Å². The third-order valence-electron chi connectivity index (χ3n) is 5.22. The third kappa shape index (κ3) is 4.02. The van der Waals surface area contributed by atoms with Crippen molar-refractivity contribution in [1.82, 2.24) is 10.2 Å². The minimum atomic E-state index is -0.725. The van der Waals surface area contributed by atoms with Gasteiger partial charge in [0.15, 0.2) is 6.10 Å². The molecule has 2 amide bonds. The Morgan fingerprint density at radius 1 is 1.24 bits per heavy atom. The van der Waals surface area contributed by atoms with Gasteiger partial charge < -0.3 is 20.1 Å². The van der Waals surface area contributed by atoms with Crippen molar-refractivity contribution in [1.29, 1.82) is 0 Å². The number of nitrogens with zero attached hydrogens (tertiary/aromatic N) is 1. The second kappa shape index (κ2) is 7.14. The second-order valence-electron chi connectivity index (χ2n) is 7.44. The average molecular weight is 346 g/mol. The number of benzene rings is 1. The number of ether oxygens (including phenoxy) is 1. The van der Waals surface area contributed by atoms with Gasteiger partial charge in [0.2, 0.25) is 5.91 Å². The van der Waals surface area contributed by atoms with Crippen LogP contribution in [0.5, 0.6) is 0 Å². The van der Waals surface area contributed by atoms with Crippen LogP contribution in [0, 0.1) is 5.92 Å². The highest BCUT2D eigenvalue weighted by molar-refractivity contribution is 5.86. The maximum absolute atomic E-state index is 13.0. The van der Waals surface area contributed by atoms with Crippen molar-refractivity contribution in [3.8, 4) is 0 Å². The largest absolute Gasteiger partial charge is 0.390 e. The van der Waals surface area contributed by atoms with Crippen LogP contribution in [0.4, 0.5) is 0 Å². The van der Waals surface area contributed by atoms with Crippen molar-refractivity contribution in [2.75, 3.05) is 19.7 Å². The van der Waals surface area contributed by atoms with Crippen molar-refractivity contribution in [2.45, 2.75) is 44.4 Å². The van der Waals surface area contributed by atoms with Gasteiger partial charge in [-0.25, -0.2) is 0 Å². The summed E-state index contributed by atoms with van der Waals surface area (Å²) in [6, 6.07) is 8.97. The van der Waals surface area contributed by atoms with E-state index in [2.05, 4.69) is 5.32 Å². The number of hydrogen-bond acceptors (Lipinski definition) is 4. The van der Waals surface area contributed by atoms with Gasteiger partial charge in [0, 0.05) is 13.1 Å². The summed E-state index contributed by atoms with van der Waals surface area (Å²) >= 11 is 0. The standard InChI is InChI=1S/C19H26N2O4/c1-19(2,24)14-8-10-21(11-9-14)18(23)17-16(20-15(22)12-25-17)13-6-4-3-5-7-13/h3-7,14,16-17,24H,8-12H2,1-2H3,(H,20,22)/t16-,17+/m1/s1. The molecule has 0 radical (unpaired) electrons. The van der Waals surface area contributed by atoms with E-state index in [1.165, 1.54) is 0 Å². The van der Waals surface area contributed by atoms with Crippen LogP contribution in [0.2, 0.25) is 0 Å². The lowest BCUT2D eigenvalue weighted by Gasteiger charge is -2.40. The van der Waals surface area contributed by atoms with E-state index in [1.807, 2.05) is 44.2 Å². The quantitative estimate of drug-likeness (QED) is 0.863. The highest BCUT2D eigenvalue weighted by Gasteiger charge is 2.40.